The van der Waals surface area contributed by atoms with Crippen LogP contribution in [0, 0.1) is 0 Å². The van der Waals surface area contributed by atoms with Crippen molar-refractivity contribution in [2.75, 3.05) is 20.8 Å². The van der Waals surface area contributed by atoms with Crippen LogP contribution in [0.5, 0.6) is 11.5 Å². The molecular formula is C10H15NO5S. The summed E-state index contributed by atoms with van der Waals surface area (Å²) in [7, 11) is -1.11. The van der Waals surface area contributed by atoms with Crippen LogP contribution in [-0.4, -0.2) is 39.7 Å². The lowest BCUT2D eigenvalue weighted by Crippen LogP contribution is -2.29. The van der Waals surface area contributed by atoms with E-state index in [0.717, 1.165) is 0 Å². The summed E-state index contributed by atoms with van der Waals surface area (Å²) in [5, 5.41) is 9.39. The molecule has 0 fully saturated rings. The predicted molar refractivity (Wildman–Crippen MR) is 61.8 cm³/mol. The summed E-state index contributed by atoms with van der Waals surface area (Å²) in [6.07, 6.45) is 0. The second-order valence-electron chi connectivity index (χ2n) is 3.25. The second-order valence-corrected chi connectivity index (χ2v) is 5.33. The van der Waals surface area contributed by atoms with Crippen molar-refractivity contribution in [1.82, 2.24) is 0 Å². The number of ether oxygens (including phenoxy) is 2. The largest absolute Gasteiger partial charge is 0.497 e. The highest BCUT2D eigenvalue weighted by molar-refractivity contribution is 7.92. The van der Waals surface area contributed by atoms with Crippen molar-refractivity contribution < 1.29 is 23.0 Å². The quantitative estimate of drug-likeness (QED) is 0.758. The highest BCUT2D eigenvalue weighted by Crippen LogP contribution is 2.30. The van der Waals surface area contributed by atoms with Crippen molar-refractivity contribution in [3.8, 4) is 11.5 Å². The summed E-state index contributed by atoms with van der Waals surface area (Å²) in [5.41, 5.74) is 3.50. The first-order valence-electron chi connectivity index (χ1n) is 4.81. The standard InChI is InChI=1S/C10H15NO5S/c1-15-7-3-4-9(8(5-7)16-2)17(13,14)10(12)6-11/h3-5,10,12H,6,11H2,1-2H3. The maximum atomic E-state index is 11.9. The third-order valence-electron chi connectivity index (χ3n) is 2.24. The van der Waals surface area contributed by atoms with Crippen LogP contribution in [0.1, 0.15) is 0 Å². The maximum Gasteiger partial charge on any atom is 0.209 e. The Morgan fingerprint density at radius 2 is 2.00 bits per heavy atom. The van der Waals surface area contributed by atoms with Gasteiger partial charge >= 0.3 is 0 Å². The van der Waals surface area contributed by atoms with Gasteiger partial charge in [-0.15, -0.1) is 0 Å². The molecule has 1 rings (SSSR count). The molecule has 1 aromatic rings. The fourth-order valence-electron chi connectivity index (χ4n) is 1.28. The van der Waals surface area contributed by atoms with Crippen molar-refractivity contribution in [1.29, 1.82) is 0 Å². The number of sulfone groups is 1. The Hall–Kier alpha value is -1.31. The molecule has 3 N–H and O–H groups in total. The molecule has 0 aliphatic rings. The monoisotopic (exact) mass is 261 g/mol. The van der Waals surface area contributed by atoms with Gasteiger partial charge < -0.3 is 20.3 Å². The smallest absolute Gasteiger partial charge is 0.209 e. The van der Waals surface area contributed by atoms with Gasteiger partial charge in [0.2, 0.25) is 9.84 Å². The summed E-state index contributed by atoms with van der Waals surface area (Å²) >= 11 is 0. The van der Waals surface area contributed by atoms with Crippen molar-refractivity contribution in [3.05, 3.63) is 18.2 Å². The molecule has 0 aliphatic heterocycles. The Kier molecular flexibility index (Phi) is 4.33. The summed E-state index contributed by atoms with van der Waals surface area (Å²) in [6.45, 7) is -0.377. The molecule has 0 amide bonds. The van der Waals surface area contributed by atoms with Crippen LogP contribution in [0.25, 0.3) is 0 Å². The predicted octanol–water partition coefficient (Wildman–Crippen LogP) is -0.245. The van der Waals surface area contributed by atoms with Crippen LogP contribution in [0.2, 0.25) is 0 Å². The first kappa shape index (κ1) is 13.8. The van der Waals surface area contributed by atoms with Crippen LogP contribution in [0.15, 0.2) is 23.1 Å². The van der Waals surface area contributed by atoms with Gasteiger partial charge in [-0.05, 0) is 12.1 Å². The van der Waals surface area contributed by atoms with E-state index in [9.17, 15) is 13.5 Å². The molecule has 0 radical (unpaired) electrons. The maximum absolute atomic E-state index is 11.9. The molecule has 0 saturated carbocycles. The van der Waals surface area contributed by atoms with E-state index < -0.39 is 15.3 Å². The summed E-state index contributed by atoms with van der Waals surface area (Å²) in [5.74, 6) is 0.569. The molecule has 96 valence electrons. The van der Waals surface area contributed by atoms with Gasteiger partial charge in [0, 0.05) is 12.6 Å². The van der Waals surface area contributed by atoms with Crippen LogP contribution in [-0.2, 0) is 9.84 Å². The van der Waals surface area contributed by atoms with E-state index in [1.54, 1.807) is 0 Å². The lowest BCUT2D eigenvalue weighted by atomic mass is 10.3. The van der Waals surface area contributed by atoms with Gasteiger partial charge in [0.15, 0.2) is 5.44 Å². The molecule has 7 heteroatoms. The van der Waals surface area contributed by atoms with E-state index in [1.807, 2.05) is 0 Å². The van der Waals surface area contributed by atoms with Crippen molar-refractivity contribution >= 4 is 9.84 Å². The van der Waals surface area contributed by atoms with E-state index in [1.165, 1.54) is 32.4 Å². The minimum absolute atomic E-state index is 0.108. The first-order chi connectivity index (χ1) is 7.97. The number of nitrogens with two attached hydrogens (primary N) is 1. The van der Waals surface area contributed by atoms with Gasteiger partial charge in [0.1, 0.15) is 16.4 Å². The van der Waals surface area contributed by atoms with E-state index >= 15 is 0 Å². The number of aliphatic hydroxyl groups is 1. The lowest BCUT2D eigenvalue weighted by molar-refractivity contribution is 0.255. The molecule has 1 atom stereocenters. The molecule has 0 aliphatic carbocycles. The van der Waals surface area contributed by atoms with E-state index in [4.69, 9.17) is 15.2 Å². The Labute approximate surface area is 99.9 Å². The van der Waals surface area contributed by atoms with Gasteiger partial charge in [-0.1, -0.05) is 0 Å². The van der Waals surface area contributed by atoms with E-state index in [2.05, 4.69) is 0 Å². The zero-order chi connectivity index (χ0) is 13.1. The summed E-state index contributed by atoms with van der Waals surface area (Å²) in [4.78, 5) is -0.112. The number of rotatable bonds is 5. The van der Waals surface area contributed by atoms with Gasteiger partial charge in [-0.2, -0.15) is 0 Å². The Morgan fingerprint density at radius 3 is 2.47 bits per heavy atom. The average Bonchev–Trinajstić information content (AvgIpc) is 2.36. The van der Waals surface area contributed by atoms with Crippen LogP contribution >= 0.6 is 0 Å². The van der Waals surface area contributed by atoms with Gasteiger partial charge in [-0.3, -0.25) is 0 Å². The number of hydrogen-bond donors (Lipinski definition) is 2. The number of methoxy groups -OCH3 is 2. The third-order valence-corrected chi connectivity index (χ3v) is 4.10. The molecule has 1 aromatic carbocycles. The fraction of sp³-hybridized carbons (Fsp3) is 0.400. The highest BCUT2D eigenvalue weighted by Gasteiger charge is 2.27. The molecule has 6 nitrogen and oxygen atoms in total. The third kappa shape index (κ3) is 2.68. The number of hydrogen-bond acceptors (Lipinski definition) is 6. The minimum atomic E-state index is -3.91. The molecule has 0 spiro atoms. The van der Waals surface area contributed by atoms with Gasteiger partial charge in [0.25, 0.3) is 0 Å². The number of aliphatic hydroxyl groups excluding tert-OH is 1. The highest BCUT2D eigenvalue weighted by atomic mass is 32.2. The molecular weight excluding hydrogens is 246 g/mol. The topological polar surface area (TPSA) is 98.9 Å². The summed E-state index contributed by atoms with van der Waals surface area (Å²) in [6, 6.07) is 4.21. The Bertz CT molecular complexity index is 485. The molecule has 17 heavy (non-hydrogen) atoms. The SMILES string of the molecule is COc1ccc(S(=O)(=O)C(O)CN)c(OC)c1. The molecule has 1 unspecified atom stereocenters. The van der Waals surface area contributed by atoms with Crippen LogP contribution < -0.4 is 15.2 Å². The van der Waals surface area contributed by atoms with Gasteiger partial charge in [-0.25, -0.2) is 8.42 Å². The van der Waals surface area contributed by atoms with Crippen LogP contribution in [0.4, 0.5) is 0 Å². The average molecular weight is 261 g/mol. The molecule has 0 saturated heterocycles. The van der Waals surface area contributed by atoms with Gasteiger partial charge in [0.05, 0.1) is 14.2 Å². The molecule has 0 bridgehead atoms. The molecule has 0 aromatic heterocycles. The normalized spacial score (nSPS) is 13.2. The van der Waals surface area contributed by atoms with E-state index in [0.29, 0.717) is 5.75 Å². The Balaban J connectivity index is 3.32. The first-order valence-corrected chi connectivity index (χ1v) is 6.36. The molecule has 0 heterocycles. The van der Waals surface area contributed by atoms with Crippen molar-refractivity contribution in [2.45, 2.75) is 10.3 Å². The summed E-state index contributed by atoms with van der Waals surface area (Å²) < 4.78 is 33.7. The Morgan fingerprint density at radius 1 is 1.35 bits per heavy atom. The minimum Gasteiger partial charge on any atom is -0.497 e. The zero-order valence-corrected chi connectivity index (χ0v) is 10.4. The number of benzene rings is 1. The fourth-order valence-corrected chi connectivity index (χ4v) is 2.51. The zero-order valence-electron chi connectivity index (χ0n) is 9.58. The van der Waals surface area contributed by atoms with E-state index in [-0.39, 0.29) is 17.2 Å². The van der Waals surface area contributed by atoms with Crippen molar-refractivity contribution in [3.63, 3.8) is 0 Å². The lowest BCUT2D eigenvalue weighted by Gasteiger charge is -2.13. The van der Waals surface area contributed by atoms with Crippen molar-refractivity contribution in [2.24, 2.45) is 5.73 Å². The second kappa shape index (κ2) is 5.35. The van der Waals surface area contributed by atoms with Crippen LogP contribution in [0.3, 0.4) is 0 Å².